The summed E-state index contributed by atoms with van der Waals surface area (Å²) < 4.78 is 4.15. The van der Waals surface area contributed by atoms with Crippen LogP contribution >= 0.6 is 0 Å². The van der Waals surface area contributed by atoms with Crippen LogP contribution in [-0.2, 0) is 39.1 Å². The Kier molecular flexibility index (Phi) is 3.77. The van der Waals surface area contributed by atoms with Gasteiger partial charge in [-0.3, -0.25) is 0 Å². The second kappa shape index (κ2) is 3.55. The molecule has 0 N–H and O–H groups in total. The molecule has 0 saturated heterocycles. The van der Waals surface area contributed by atoms with E-state index in [1.54, 1.807) is 0 Å². The van der Waals surface area contributed by atoms with Crippen molar-refractivity contribution >= 4 is 5.97 Å². The maximum absolute atomic E-state index is 9.73. The standard InChI is InChI=1S/C2H4O3.Hg/c1-2(3)5-4;/h4H,1H3;/q;+1/p-1. The Morgan fingerprint density at radius 2 is 2.33 bits per heavy atom. The fourth-order valence-corrected chi connectivity index (χ4v) is 0.728. The summed E-state index contributed by atoms with van der Waals surface area (Å²) in [7, 11) is 0. The summed E-state index contributed by atoms with van der Waals surface area (Å²) >= 11 is 0.110. The van der Waals surface area contributed by atoms with Crippen molar-refractivity contribution in [3.63, 3.8) is 0 Å². The van der Waals surface area contributed by atoms with Crippen molar-refractivity contribution in [3.8, 4) is 0 Å². The fraction of sp³-hybridized carbons (Fsp3) is 0.500. The number of carbonyl (C=O) groups is 1. The molecular formula is C2H3HgO3. The minimum absolute atomic E-state index is 0.110. The van der Waals surface area contributed by atoms with E-state index in [-0.39, 0.29) is 32.5 Å². The van der Waals surface area contributed by atoms with E-state index in [2.05, 4.69) is 7.68 Å². The van der Waals surface area contributed by atoms with E-state index >= 15 is 0 Å². The second-order valence-corrected chi connectivity index (χ2v) is 1.61. The summed E-state index contributed by atoms with van der Waals surface area (Å²) in [5.74, 6) is -0.384. The van der Waals surface area contributed by atoms with Crippen LogP contribution in [0.4, 0.5) is 0 Å². The first-order chi connectivity index (χ1) is 2.77. The summed E-state index contributed by atoms with van der Waals surface area (Å²) in [4.78, 5) is 13.7. The predicted molar refractivity (Wildman–Crippen MR) is 12.9 cm³/mol. The number of hydrogen-bond donors (Lipinski definition) is 0. The molecule has 0 aliphatic heterocycles. The molecule has 0 saturated carbocycles. The van der Waals surface area contributed by atoms with Gasteiger partial charge in [-0.1, -0.05) is 0 Å². The zero-order valence-electron chi connectivity index (χ0n) is 3.43. The first-order valence-electron chi connectivity index (χ1n) is 1.36. The molecule has 0 aromatic rings. The number of hydrogen-bond acceptors (Lipinski definition) is 3. The van der Waals surface area contributed by atoms with Crippen molar-refractivity contribution in [2.45, 2.75) is 6.92 Å². The van der Waals surface area contributed by atoms with Gasteiger partial charge in [0.2, 0.25) is 0 Å². The van der Waals surface area contributed by atoms with Crippen LogP contribution in [0.25, 0.3) is 0 Å². The van der Waals surface area contributed by atoms with Crippen LogP contribution < -0.4 is 0 Å². The van der Waals surface area contributed by atoms with Gasteiger partial charge >= 0.3 is 51.9 Å². The Morgan fingerprint density at radius 3 is 2.33 bits per heavy atom. The molecular weight excluding hydrogens is 273 g/mol. The van der Waals surface area contributed by atoms with Crippen LogP contribution in [0.2, 0.25) is 0 Å². The zero-order chi connectivity index (χ0) is 4.99. The molecule has 3 nitrogen and oxygen atoms in total. The summed E-state index contributed by atoms with van der Waals surface area (Å²) in [6, 6.07) is 0. The van der Waals surface area contributed by atoms with Crippen molar-refractivity contribution in [3.05, 3.63) is 0 Å². The Bertz CT molecular complexity index is 52.8. The molecule has 0 aliphatic carbocycles. The summed E-state index contributed by atoms with van der Waals surface area (Å²) in [6.07, 6.45) is 0. The second-order valence-electron chi connectivity index (χ2n) is 0.693. The molecule has 0 aliphatic rings. The Hall–Kier alpha value is 0.365. The third-order valence-electron chi connectivity index (χ3n) is 0.176. The van der Waals surface area contributed by atoms with E-state index < -0.39 is 0 Å². The number of rotatable bonds is 1. The average Bonchev–Trinajstić information content (AvgIpc) is 1.35. The predicted octanol–water partition coefficient (Wildman–Crippen LogP) is -0.0571. The average molecular weight is 276 g/mol. The monoisotopic (exact) mass is 277 g/mol. The van der Waals surface area contributed by atoms with Gasteiger partial charge in [0, 0.05) is 0 Å². The molecule has 0 spiro atoms. The zero-order valence-corrected chi connectivity index (χ0v) is 8.93. The van der Waals surface area contributed by atoms with Gasteiger partial charge in [0.15, 0.2) is 0 Å². The van der Waals surface area contributed by atoms with Gasteiger partial charge in [0.1, 0.15) is 0 Å². The van der Waals surface area contributed by atoms with E-state index in [1.165, 1.54) is 6.92 Å². The topological polar surface area (TPSA) is 35.5 Å². The van der Waals surface area contributed by atoms with Gasteiger partial charge in [-0.2, -0.15) is 0 Å². The van der Waals surface area contributed by atoms with Crippen molar-refractivity contribution in [2.75, 3.05) is 0 Å². The molecule has 31 valence electrons. The third-order valence-corrected chi connectivity index (χ3v) is 0.634. The van der Waals surface area contributed by atoms with Gasteiger partial charge in [0.05, 0.1) is 0 Å². The van der Waals surface area contributed by atoms with Crippen LogP contribution in [0, 0.1) is 0 Å². The van der Waals surface area contributed by atoms with Crippen LogP contribution in [0.1, 0.15) is 6.92 Å². The van der Waals surface area contributed by atoms with Gasteiger partial charge in [-0.15, -0.1) is 0 Å². The van der Waals surface area contributed by atoms with Gasteiger partial charge < -0.3 is 0 Å². The van der Waals surface area contributed by atoms with E-state index in [1.807, 2.05) is 0 Å². The molecule has 0 heterocycles. The Morgan fingerprint density at radius 1 is 1.83 bits per heavy atom. The van der Waals surface area contributed by atoms with Crippen molar-refractivity contribution in [1.82, 2.24) is 0 Å². The number of carbonyl (C=O) groups excluding carboxylic acids is 1. The van der Waals surface area contributed by atoms with Crippen LogP contribution in [-0.4, -0.2) is 5.97 Å². The van der Waals surface area contributed by atoms with Crippen molar-refractivity contribution < 1.29 is 39.1 Å². The SMILES string of the molecule is CC(=O)O[O][Hg]. The van der Waals surface area contributed by atoms with Gasteiger partial charge in [-0.05, 0) is 0 Å². The molecule has 0 amide bonds. The van der Waals surface area contributed by atoms with Crippen LogP contribution in [0.3, 0.4) is 0 Å². The van der Waals surface area contributed by atoms with E-state index in [0.717, 1.165) is 0 Å². The third kappa shape index (κ3) is 4.37. The van der Waals surface area contributed by atoms with E-state index in [9.17, 15) is 4.79 Å². The fourth-order valence-electron chi connectivity index (χ4n) is 0.0830. The first kappa shape index (κ1) is 6.37. The van der Waals surface area contributed by atoms with Crippen LogP contribution in [0.5, 0.6) is 0 Å². The van der Waals surface area contributed by atoms with E-state index in [0.29, 0.717) is 0 Å². The summed E-state index contributed by atoms with van der Waals surface area (Å²) in [6.45, 7) is 1.30. The molecule has 4 heteroatoms. The molecule has 6 heavy (non-hydrogen) atoms. The van der Waals surface area contributed by atoms with Gasteiger partial charge in [0.25, 0.3) is 0 Å². The van der Waals surface area contributed by atoms with Gasteiger partial charge in [-0.25, -0.2) is 0 Å². The molecule has 0 radical (unpaired) electrons. The molecule has 0 bridgehead atoms. The Labute approximate surface area is 52.2 Å². The normalized spacial score (nSPS) is 7.83. The van der Waals surface area contributed by atoms with E-state index in [4.69, 9.17) is 0 Å². The molecule has 0 aromatic carbocycles. The van der Waals surface area contributed by atoms with Crippen molar-refractivity contribution in [2.24, 2.45) is 0 Å². The summed E-state index contributed by atoms with van der Waals surface area (Å²) in [5, 5.41) is 0. The quantitative estimate of drug-likeness (QED) is 0.382. The maximum atomic E-state index is 9.73. The molecule has 0 fully saturated rings. The Balaban J connectivity index is 2.83. The molecule has 0 atom stereocenters. The summed E-state index contributed by atoms with van der Waals surface area (Å²) in [5.41, 5.74) is 0. The molecule has 0 rings (SSSR count). The minimum atomic E-state index is -0.384. The van der Waals surface area contributed by atoms with Crippen molar-refractivity contribution in [1.29, 1.82) is 0 Å². The van der Waals surface area contributed by atoms with Crippen LogP contribution in [0.15, 0.2) is 0 Å². The first-order valence-corrected chi connectivity index (χ1v) is 3.61. The molecule has 0 unspecified atom stereocenters. The molecule has 0 aromatic heterocycles.